The summed E-state index contributed by atoms with van der Waals surface area (Å²) < 4.78 is 6.60. The predicted octanol–water partition coefficient (Wildman–Crippen LogP) is -0.546. The van der Waals surface area contributed by atoms with Crippen molar-refractivity contribution in [2.45, 2.75) is 12.3 Å². The first-order valence-corrected chi connectivity index (χ1v) is 5.43. The number of fused-ring (bicyclic) bond motifs is 1. The van der Waals surface area contributed by atoms with Crippen LogP contribution in [0.2, 0.25) is 0 Å². The van der Waals surface area contributed by atoms with Crippen molar-refractivity contribution in [2.75, 3.05) is 13.2 Å². The standard InChI is InChI=1S/C10H12N4O3/c1-14-8-6(9(15)13-10(14)16)11-7(12-8)5-2-3-17-4-5/h5H,2-4H2,1H3,(H,11,12)(H,13,15,16). The molecule has 0 aliphatic carbocycles. The average Bonchev–Trinajstić information content (AvgIpc) is 2.94. The van der Waals surface area contributed by atoms with Crippen LogP contribution in [0, 0.1) is 0 Å². The monoisotopic (exact) mass is 236 g/mol. The summed E-state index contributed by atoms with van der Waals surface area (Å²) in [5.41, 5.74) is -0.154. The van der Waals surface area contributed by atoms with Crippen LogP contribution in [-0.4, -0.2) is 32.7 Å². The van der Waals surface area contributed by atoms with Crippen molar-refractivity contribution in [1.29, 1.82) is 0 Å². The Morgan fingerprint density at radius 1 is 1.41 bits per heavy atom. The topological polar surface area (TPSA) is 92.8 Å². The molecule has 0 spiro atoms. The van der Waals surface area contributed by atoms with Crippen LogP contribution in [0.5, 0.6) is 0 Å². The van der Waals surface area contributed by atoms with Crippen molar-refractivity contribution < 1.29 is 4.74 Å². The van der Waals surface area contributed by atoms with Crippen LogP contribution in [0.4, 0.5) is 0 Å². The first-order valence-electron chi connectivity index (χ1n) is 5.43. The van der Waals surface area contributed by atoms with Crippen molar-refractivity contribution in [2.24, 2.45) is 7.05 Å². The number of rotatable bonds is 1. The molecule has 1 fully saturated rings. The Balaban J connectivity index is 2.25. The molecule has 0 aromatic carbocycles. The van der Waals surface area contributed by atoms with Crippen molar-refractivity contribution in [3.63, 3.8) is 0 Å². The molecule has 1 saturated heterocycles. The molecule has 2 aromatic rings. The second-order valence-corrected chi connectivity index (χ2v) is 4.20. The Bertz CT molecular complexity index is 675. The molecule has 0 radical (unpaired) electrons. The van der Waals surface area contributed by atoms with Gasteiger partial charge in [0.1, 0.15) is 11.3 Å². The summed E-state index contributed by atoms with van der Waals surface area (Å²) in [6, 6.07) is 0. The summed E-state index contributed by atoms with van der Waals surface area (Å²) >= 11 is 0. The Hall–Kier alpha value is -1.89. The highest BCUT2D eigenvalue weighted by Crippen LogP contribution is 2.23. The minimum Gasteiger partial charge on any atom is -0.381 e. The molecule has 2 aromatic heterocycles. The van der Waals surface area contributed by atoms with Gasteiger partial charge in [-0.3, -0.25) is 14.3 Å². The van der Waals surface area contributed by atoms with Gasteiger partial charge in [-0.15, -0.1) is 0 Å². The number of hydrogen-bond donors (Lipinski definition) is 2. The average molecular weight is 236 g/mol. The lowest BCUT2D eigenvalue weighted by molar-refractivity contribution is 0.193. The first-order chi connectivity index (χ1) is 8.16. The summed E-state index contributed by atoms with van der Waals surface area (Å²) in [5, 5.41) is 0. The molecule has 1 aliphatic rings. The zero-order chi connectivity index (χ0) is 12.0. The van der Waals surface area contributed by atoms with Crippen LogP contribution in [0.3, 0.4) is 0 Å². The highest BCUT2D eigenvalue weighted by atomic mass is 16.5. The van der Waals surface area contributed by atoms with Gasteiger partial charge in [0.15, 0.2) is 5.65 Å². The molecule has 7 heteroatoms. The second kappa shape index (κ2) is 3.56. The van der Waals surface area contributed by atoms with Gasteiger partial charge in [0, 0.05) is 19.6 Å². The largest absolute Gasteiger partial charge is 0.381 e. The summed E-state index contributed by atoms with van der Waals surface area (Å²) in [4.78, 5) is 32.6. The van der Waals surface area contributed by atoms with Crippen molar-refractivity contribution in [1.82, 2.24) is 19.5 Å². The van der Waals surface area contributed by atoms with Gasteiger partial charge >= 0.3 is 5.69 Å². The van der Waals surface area contributed by atoms with Gasteiger partial charge in [-0.2, -0.15) is 0 Å². The SMILES string of the molecule is Cn1c(=O)[nH]c(=O)c2[nH]c(C3CCOC3)nc21. The molecule has 3 rings (SSSR count). The van der Waals surface area contributed by atoms with Gasteiger partial charge in [-0.1, -0.05) is 0 Å². The van der Waals surface area contributed by atoms with E-state index >= 15 is 0 Å². The van der Waals surface area contributed by atoms with E-state index in [1.807, 2.05) is 0 Å². The number of nitrogens with one attached hydrogen (secondary N) is 2. The minimum atomic E-state index is -0.455. The molecule has 0 amide bonds. The number of aromatic amines is 2. The maximum absolute atomic E-state index is 11.6. The molecular weight excluding hydrogens is 224 g/mol. The summed E-state index contributed by atoms with van der Waals surface area (Å²) in [7, 11) is 1.58. The Morgan fingerprint density at radius 3 is 2.94 bits per heavy atom. The molecule has 90 valence electrons. The molecule has 2 N–H and O–H groups in total. The zero-order valence-corrected chi connectivity index (χ0v) is 9.32. The lowest BCUT2D eigenvalue weighted by Crippen LogP contribution is -2.28. The Kier molecular flexibility index (Phi) is 2.15. The molecule has 1 aliphatic heterocycles. The molecule has 3 heterocycles. The Morgan fingerprint density at radius 2 is 2.24 bits per heavy atom. The van der Waals surface area contributed by atoms with Crippen molar-refractivity contribution in [3.8, 4) is 0 Å². The quantitative estimate of drug-likeness (QED) is 0.695. The van der Waals surface area contributed by atoms with Gasteiger partial charge < -0.3 is 9.72 Å². The molecule has 17 heavy (non-hydrogen) atoms. The number of aromatic nitrogens is 4. The number of nitrogens with zero attached hydrogens (tertiary/aromatic N) is 2. The summed E-state index contributed by atoms with van der Waals surface area (Å²) in [6.07, 6.45) is 0.881. The van der Waals surface area contributed by atoms with Crippen LogP contribution in [0.25, 0.3) is 11.2 Å². The maximum Gasteiger partial charge on any atom is 0.329 e. The van der Waals surface area contributed by atoms with E-state index in [-0.39, 0.29) is 5.92 Å². The van der Waals surface area contributed by atoms with Gasteiger partial charge in [0.25, 0.3) is 5.56 Å². The van der Waals surface area contributed by atoms with Crippen LogP contribution < -0.4 is 11.2 Å². The third kappa shape index (κ3) is 1.50. The third-order valence-electron chi connectivity index (χ3n) is 3.09. The third-order valence-corrected chi connectivity index (χ3v) is 3.09. The predicted molar refractivity (Wildman–Crippen MR) is 60.1 cm³/mol. The number of imidazole rings is 1. The second-order valence-electron chi connectivity index (χ2n) is 4.20. The van der Waals surface area contributed by atoms with E-state index in [0.29, 0.717) is 30.2 Å². The van der Waals surface area contributed by atoms with Gasteiger partial charge in [-0.05, 0) is 6.42 Å². The van der Waals surface area contributed by atoms with Crippen molar-refractivity contribution >= 4 is 11.2 Å². The summed E-state index contributed by atoms with van der Waals surface area (Å²) in [5.74, 6) is 0.890. The van der Waals surface area contributed by atoms with Crippen LogP contribution in [-0.2, 0) is 11.8 Å². The maximum atomic E-state index is 11.6. The molecule has 1 unspecified atom stereocenters. The fourth-order valence-corrected chi connectivity index (χ4v) is 2.07. The van der Waals surface area contributed by atoms with Crippen LogP contribution >= 0.6 is 0 Å². The van der Waals surface area contributed by atoms with E-state index in [1.54, 1.807) is 7.05 Å². The number of ether oxygens (including phenoxy) is 1. The van der Waals surface area contributed by atoms with E-state index in [9.17, 15) is 9.59 Å². The lowest BCUT2D eigenvalue weighted by atomic mass is 10.1. The van der Waals surface area contributed by atoms with E-state index < -0.39 is 11.2 Å². The molecule has 0 bridgehead atoms. The van der Waals surface area contributed by atoms with Crippen LogP contribution in [0.15, 0.2) is 9.59 Å². The highest BCUT2D eigenvalue weighted by molar-refractivity contribution is 5.69. The Labute approximate surface area is 95.4 Å². The number of hydrogen-bond acceptors (Lipinski definition) is 4. The van der Waals surface area contributed by atoms with Crippen LogP contribution in [0.1, 0.15) is 18.2 Å². The summed E-state index contributed by atoms with van der Waals surface area (Å²) in [6.45, 7) is 1.31. The lowest BCUT2D eigenvalue weighted by Gasteiger charge is -2.00. The smallest absolute Gasteiger partial charge is 0.329 e. The number of aryl methyl sites for hydroxylation is 1. The molecule has 1 atom stereocenters. The fraction of sp³-hybridized carbons (Fsp3) is 0.500. The minimum absolute atomic E-state index is 0.178. The van der Waals surface area contributed by atoms with E-state index in [4.69, 9.17) is 4.74 Å². The highest BCUT2D eigenvalue weighted by Gasteiger charge is 2.22. The van der Waals surface area contributed by atoms with E-state index in [1.165, 1.54) is 4.57 Å². The van der Waals surface area contributed by atoms with Crippen molar-refractivity contribution in [3.05, 3.63) is 26.7 Å². The molecule has 0 saturated carbocycles. The first kappa shape index (κ1) is 10.3. The zero-order valence-electron chi connectivity index (χ0n) is 9.32. The normalized spacial score (nSPS) is 20.2. The van der Waals surface area contributed by atoms with Gasteiger partial charge in [-0.25, -0.2) is 9.78 Å². The fourth-order valence-electron chi connectivity index (χ4n) is 2.07. The molecule has 7 nitrogen and oxygen atoms in total. The van der Waals surface area contributed by atoms with E-state index in [0.717, 1.165) is 6.42 Å². The number of H-pyrrole nitrogens is 2. The van der Waals surface area contributed by atoms with Gasteiger partial charge in [0.2, 0.25) is 0 Å². The molecular formula is C10H12N4O3. The van der Waals surface area contributed by atoms with Gasteiger partial charge in [0.05, 0.1) is 6.61 Å². The van der Waals surface area contributed by atoms with E-state index in [2.05, 4.69) is 15.0 Å².